The van der Waals surface area contributed by atoms with Crippen LogP contribution in [0, 0.1) is 0 Å². The Balaban J connectivity index is 1.09. The van der Waals surface area contributed by atoms with Gasteiger partial charge in [-0.1, -0.05) is 163 Å². The molecule has 2 aliphatic heterocycles. The zero-order chi connectivity index (χ0) is 38.6. The third-order valence-electron chi connectivity index (χ3n) is 14.1. The zero-order valence-electron chi connectivity index (χ0n) is 33.4. The first-order valence-corrected chi connectivity index (χ1v) is 20.4. The number of benzene rings is 8. The highest BCUT2D eigenvalue weighted by atomic mass is 15.1. The fourth-order valence-electron chi connectivity index (χ4n) is 11.1. The van der Waals surface area contributed by atoms with Crippen molar-refractivity contribution in [2.24, 2.45) is 0 Å². The first-order chi connectivity index (χ1) is 27.5. The van der Waals surface area contributed by atoms with Crippen LogP contribution in [0.2, 0.25) is 0 Å². The Bertz CT molecular complexity index is 3200. The average molecular weight is 733 g/mol. The maximum Gasteiger partial charge on any atom is 0.0583 e. The van der Waals surface area contributed by atoms with Gasteiger partial charge < -0.3 is 9.47 Å². The summed E-state index contributed by atoms with van der Waals surface area (Å²) in [6.07, 6.45) is 0. The fourth-order valence-corrected chi connectivity index (χ4v) is 11.1. The monoisotopic (exact) mass is 732 g/mol. The van der Waals surface area contributed by atoms with E-state index in [2.05, 4.69) is 209 Å². The molecular weight excluding hydrogens is 689 g/mol. The minimum absolute atomic E-state index is 0.0407. The van der Waals surface area contributed by atoms with Crippen LogP contribution in [0.25, 0.3) is 60.5 Å². The molecule has 57 heavy (non-hydrogen) atoms. The van der Waals surface area contributed by atoms with E-state index in [-0.39, 0.29) is 16.2 Å². The van der Waals surface area contributed by atoms with Crippen LogP contribution in [0.4, 0.5) is 17.1 Å². The normalized spacial score (nSPS) is 16.0. The summed E-state index contributed by atoms with van der Waals surface area (Å²) in [6.45, 7) is 14.4. The summed E-state index contributed by atoms with van der Waals surface area (Å²) >= 11 is 0. The maximum absolute atomic E-state index is 2.62. The topological polar surface area (TPSA) is 8.17 Å². The minimum Gasteiger partial charge on any atom is -0.310 e. The van der Waals surface area contributed by atoms with Gasteiger partial charge in [-0.05, 0) is 97.4 Å². The molecule has 2 heteroatoms. The highest BCUT2D eigenvalue weighted by Crippen LogP contribution is 2.57. The SMILES string of the molecule is CC1(C)c2ccccc2-c2ccc(-c3ccc(N(c4cc5c6c(c4)c4cccc7c4n6-c4c(cccc4C5(C)C)C7(C)C)c4cccc5ccccc45)cc3)cc21. The smallest absolute Gasteiger partial charge is 0.0583 e. The molecule has 8 aromatic carbocycles. The van der Waals surface area contributed by atoms with Gasteiger partial charge in [0.2, 0.25) is 0 Å². The number of anilines is 3. The van der Waals surface area contributed by atoms with Crippen molar-refractivity contribution in [2.75, 3.05) is 4.90 Å². The maximum atomic E-state index is 2.62. The average Bonchev–Trinajstić information content (AvgIpc) is 3.68. The van der Waals surface area contributed by atoms with Crippen LogP contribution < -0.4 is 4.90 Å². The van der Waals surface area contributed by atoms with Gasteiger partial charge in [-0.25, -0.2) is 0 Å². The fraction of sp³-hybridized carbons (Fsp3) is 0.164. The summed E-state index contributed by atoms with van der Waals surface area (Å²) in [5.74, 6) is 0. The highest BCUT2D eigenvalue weighted by Gasteiger charge is 2.43. The number of aromatic nitrogens is 1. The molecule has 2 nitrogen and oxygen atoms in total. The Morgan fingerprint density at radius 3 is 1.79 bits per heavy atom. The van der Waals surface area contributed by atoms with Gasteiger partial charge in [-0.15, -0.1) is 0 Å². The molecule has 0 bridgehead atoms. The van der Waals surface area contributed by atoms with E-state index in [0.717, 1.165) is 5.69 Å². The molecule has 9 aromatic rings. The lowest BCUT2D eigenvalue weighted by atomic mass is 9.68. The third kappa shape index (κ3) is 4.15. The summed E-state index contributed by atoms with van der Waals surface area (Å²) in [4.78, 5) is 2.50. The van der Waals surface area contributed by atoms with Gasteiger partial charge >= 0.3 is 0 Å². The molecule has 0 unspecified atom stereocenters. The molecule has 0 amide bonds. The Morgan fingerprint density at radius 2 is 0.965 bits per heavy atom. The van der Waals surface area contributed by atoms with Gasteiger partial charge in [0, 0.05) is 43.8 Å². The molecule has 0 saturated heterocycles. The van der Waals surface area contributed by atoms with Gasteiger partial charge in [-0.2, -0.15) is 0 Å². The molecule has 12 rings (SSSR count). The first kappa shape index (κ1) is 32.8. The quantitative estimate of drug-likeness (QED) is 0.175. The van der Waals surface area contributed by atoms with Crippen molar-refractivity contribution in [1.29, 1.82) is 0 Å². The second-order valence-corrected chi connectivity index (χ2v) is 18.2. The number of rotatable bonds is 4. The standard InChI is InChI=1S/C55H44N2/c1-53(2)43-19-10-9-17-39(43)40-29-26-35(30-47(40)53)33-24-27-36(28-25-33)56(49-23-11-15-34-14-7-8-16-38(34)49)37-31-42-41-18-12-20-44-50(41)57-51(42)48(32-37)55(5,6)46-22-13-21-45(52(46)57)54(44,3)4/h7-32H,1-6H3. The summed E-state index contributed by atoms with van der Waals surface area (Å²) < 4.78 is 2.62. The van der Waals surface area contributed by atoms with Crippen LogP contribution in [0.1, 0.15) is 74.9 Å². The number of nitrogens with zero attached hydrogens (tertiary/aromatic N) is 2. The summed E-state index contributed by atoms with van der Waals surface area (Å²) in [5, 5.41) is 5.11. The van der Waals surface area contributed by atoms with Crippen molar-refractivity contribution in [3.05, 3.63) is 191 Å². The first-order valence-electron chi connectivity index (χ1n) is 20.4. The Labute approximate surface area is 334 Å². The number of fused-ring (bicyclic) bond motifs is 5. The zero-order valence-corrected chi connectivity index (χ0v) is 33.4. The van der Waals surface area contributed by atoms with Crippen LogP contribution >= 0.6 is 0 Å². The minimum atomic E-state index is -0.215. The van der Waals surface area contributed by atoms with Gasteiger partial charge in [-0.3, -0.25) is 0 Å². The molecule has 3 aliphatic rings. The van der Waals surface area contributed by atoms with E-state index in [1.165, 1.54) is 105 Å². The van der Waals surface area contributed by atoms with E-state index >= 15 is 0 Å². The summed E-state index contributed by atoms with van der Waals surface area (Å²) in [7, 11) is 0. The molecule has 1 aromatic heterocycles. The van der Waals surface area contributed by atoms with E-state index < -0.39 is 0 Å². The van der Waals surface area contributed by atoms with Crippen LogP contribution in [0.5, 0.6) is 0 Å². The Kier molecular flexibility index (Phi) is 6.29. The van der Waals surface area contributed by atoms with Crippen molar-refractivity contribution >= 4 is 49.6 Å². The van der Waals surface area contributed by atoms with Crippen molar-refractivity contribution < 1.29 is 0 Å². The van der Waals surface area contributed by atoms with Crippen molar-refractivity contribution in [3.8, 4) is 27.9 Å². The summed E-state index contributed by atoms with van der Waals surface area (Å²) in [5.41, 5.74) is 20.8. The molecule has 0 saturated carbocycles. The summed E-state index contributed by atoms with van der Waals surface area (Å²) in [6, 6.07) is 59.7. The Morgan fingerprint density at radius 1 is 0.386 bits per heavy atom. The number of hydrogen-bond donors (Lipinski definition) is 0. The second kappa shape index (κ2) is 10.9. The van der Waals surface area contributed by atoms with Gasteiger partial charge in [0.05, 0.1) is 22.4 Å². The van der Waals surface area contributed by atoms with E-state index in [4.69, 9.17) is 0 Å². The molecule has 1 aliphatic carbocycles. The molecule has 0 fully saturated rings. The molecule has 3 heterocycles. The molecular formula is C55H44N2. The highest BCUT2D eigenvalue weighted by molar-refractivity contribution is 6.15. The van der Waals surface area contributed by atoms with Crippen LogP contribution in [0.15, 0.2) is 158 Å². The van der Waals surface area contributed by atoms with E-state index in [9.17, 15) is 0 Å². The molecule has 0 N–H and O–H groups in total. The van der Waals surface area contributed by atoms with E-state index in [1.807, 2.05) is 0 Å². The predicted octanol–water partition coefficient (Wildman–Crippen LogP) is 14.7. The van der Waals surface area contributed by atoms with Gasteiger partial charge in [0.25, 0.3) is 0 Å². The van der Waals surface area contributed by atoms with E-state index in [1.54, 1.807) is 0 Å². The molecule has 274 valence electrons. The lowest BCUT2D eigenvalue weighted by Crippen LogP contribution is -2.33. The van der Waals surface area contributed by atoms with E-state index in [0.29, 0.717) is 0 Å². The van der Waals surface area contributed by atoms with Crippen LogP contribution in [0.3, 0.4) is 0 Å². The Hall–Kier alpha value is -6.38. The second-order valence-electron chi connectivity index (χ2n) is 18.2. The molecule has 0 atom stereocenters. The van der Waals surface area contributed by atoms with Gasteiger partial charge in [0.1, 0.15) is 0 Å². The number of hydrogen-bond acceptors (Lipinski definition) is 1. The number of para-hydroxylation sites is 2. The predicted molar refractivity (Wildman–Crippen MR) is 240 cm³/mol. The van der Waals surface area contributed by atoms with Crippen molar-refractivity contribution in [2.45, 2.75) is 57.8 Å². The lowest BCUT2D eigenvalue weighted by Gasteiger charge is -2.42. The van der Waals surface area contributed by atoms with Crippen molar-refractivity contribution in [3.63, 3.8) is 0 Å². The molecule has 0 spiro atoms. The van der Waals surface area contributed by atoms with Crippen LogP contribution in [-0.2, 0) is 16.2 Å². The van der Waals surface area contributed by atoms with Crippen LogP contribution in [-0.4, -0.2) is 4.57 Å². The largest absolute Gasteiger partial charge is 0.310 e. The molecule has 0 radical (unpaired) electrons. The van der Waals surface area contributed by atoms with Crippen molar-refractivity contribution in [1.82, 2.24) is 4.57 Å². The van der Waals surface area contributed by atoms with Gasteiger partial charge in [0.15, 0.2) is 0 Å². The third-order valence-corrected chi connectivity index (χ3v) is 14.1. The lowest BCUT2D eigenvalue weighted by molar-refractivity contribution is 0.593.